The fourth-order valence-corrected chi connectivity index (χ4v) is 2.94. The lowest BCUT2D eigenvalue weighted by molar-refractivity contribution is 0.102. The van der Waals surface area contributed by atoms with E-state index in [2.05, 4.69) is 15.4 Å². The van der Waals surface area contributed by atoms with Crippen LogP contribution in [-0.2, 0) is 0 Å². The second kappa shape index (κ2) is 6.92. The largest absolute Gasteiger partial charge is 0.497 e. The molecular formula is C21H18N4O2. The molecule has 0 saturated carbocycles. The number of rotatable bonds is 4. The molecule has 2 aromatic carbocycles. The van der Waals surface area contributed by atoms with Crippen LogP contribution in [0.15, 0.2) is 66.9 Å². The number of fused-ring (bicyclic) bond motifs is 1. The monoisotopic (exact) mass is 358 g/mol. The van der Waals surface area contributed by atoms with Crippen LogP contribution in [0.2, 0.25) is 0 Å². The lowest BCUT2D eigenvalue weighted by Gasteiger charge is -2.08. The third kappa shape index (κ3) is 3.25. The van der Waals surface area contributed by atoms with Crippen molar-refractivity contribution in [2.75, 3.05) is 12.4 Å². The van der Waals surface area contributed by atoms with E-state index in [1.54, 1.807) is 24.1 Å². The number of carbonyl (C=O) groups excluding carboxylic acids is 1. The third-order valence-corrected chi connectivity index (χ3v) is 4.38. The Morgan fingerprint density at radius 2 is 1.93 bits per heavy atom. The summed E-state index contributed by atoms with van der Waals surface area (Å²) < 4.78 is 6.86. The number of ether oxygens (including phenoxy) is 1. The summed E-state index contributed by atoms with van der Waals surface area (Å²) in [6.07, 6.45) is 1.56. The van der Waals surface area contributed by atoms with E-state index in [0.717, 1.165) is 16.6 Å². The van der Waals surface area contributed by atoms with Gasteiger partial charge in [-0.1, -0.05) is 24.3 Å². The first-order valence-corrected chi connectivity index (χ1v) is 8.52. The van der Waals surface area contributed by atoms with Crippen LogP contribution in [-0.4, -0.2) is 27.8 Å². The van der Waals surface area contributed by atoms with E-state index in [1.807, 2.05) is 61.5 Å². The Kier molecular flexibility index (Phi) is 4.30. The zero-order chi connectivity index (χ0) is 18.8. The molecule has 6 heteroatoms. The average molecular weight is 358 g/mol. The molecule has 0 spiro atoms. The van der Waals surface area contributed by atoms with Gasteiger partial charge in [-0.25, -0.2) is 9.67 Å². The lowest BCUT2D eigenvalue weighted by atomic mass is 10.2. The highest BCUT2D eigenvalue weighted by molar-refractivity contribution is 6.05. The molecular weight excluding hydrogens is 340 g/mol. The maximum Gasteiger partial charge on any atom is 0.259 e. The van der Waals surface area contributed by atoms with Crippen molar-refractivity contribution in [1.82, 2.24) is 14.8 Å². The predicted molar refractivity (Wildman–Crippen MR) is 105 cm³/mol. The van der Waals surface area contributed by atoms with E-state index in [-0.39, 0.29) is 5.91 Å². The molecule has 6 nitrogen and oxygen atoms in total. The Labute approximate surface area is 156 Å². The summed E-state index contributed by atoms with van der Waals surface area (Å²) in [5.41, 5.74) is 2.76. The molecule has 2 aromatic heterocycles. The zero-order valence-corrected chi connectivity index (χ0v) is 15.0. The molecule has 1 N–H and O–H groups in total. The first kappa shape index (κ1) is 16.8. The van der Waals surface area contributed by atoms with Gasteiger partial charge in [0.15, 0.2) is 5.82 Å². The number of amides is 1. The Hall–Kier alpha value is -3.67. The van der Waals surface area contributed by atoms with E-state index >= 15 is 0 Å². The van der Waals surface area contributed by atoms with Crippen molar-refractivity contribution in [1.29, 1.82) is 0 Å². The van der Waals surface area contributed by atoms with Gasteiger partial charge in [-0.2, -0.15) is 5.10 Å². The Bertz CT molecular complexity index is 1130. The van der Waals surface area contributed by atoms with E-state index in [4.69, 9.17) is 4.74 Å². The number of pyridine rings is 1. The maximum atomic E-state index is 12.7. The van der Waals surface area contributed by atoms with E-state index in [0.29, 0.717) is 22.8 Å². The van der Waals surface area contributed by atoms with Gasteiger partial charge in [-0.15, -0.1) is 0 Å². The molecule has 0 saturated heterocycles. The van der Waals surface area contributed by atoms with Crippen molar-refractivity contribution in [3.05, 3.63) is 78.1 Å². The van der Waals surface area contributed by atoms with Crippen molar-refractivity contribution < 1.29 is 9.53 Å². The highest BCUT2D eigenvalue weighted by Crippen LogP contribution is 2.20. The molecule has 0 aliphatic heterocycles. The number of benzene rings is 2. The number of hydrogen-bond donors (Lipinski definition) is 1. The molecule has 0 bridgehead atoms. The van der Waals surface area contributed by atoms with Crippen molar-refractivity contribution in [2.24, 2.45) is 0 Å². The van der Waals surface area contributed by atoms with Gasteiger partial charge in [0.2, 0.25) is 0 Å². The van der Waals surface area contributed by atoms with Gasteiger partial charge in [0.25, 0.3) is 5.91 Å². The molecule has 27 heavy (non-hydrogen) atoms. The number of anilines is 1. The Balaban J connectivity index is 1.63. The van der Waals surface area contributed by atoms with Gasteiger partial charge in [0.1, 0.15) is 5.75 Å². The van der Waals surface area contributed by atoms with Crippen LogP contribution < -0.4 is 10.1 Å². The molecule has 0 unspecified atom stereocenters. The van der Waals surface area contributed by atoms with Gasteiger partial charge >= 0.3 is 0 Å². The molecule has 0 atom stereocenters. The molecule has 2 heterocycles. The van der Waals surface area contributed by atoms with Crippen LogP contribution in [0.4, 0.5) is 5.69 Å². The van der Waals surface area contributed by atoms with Gasteiger partial charge in [0, 0.05) is 17.1 Å². The quantitative estimate of drug-likeness (QED) is 0.599. The summed E-state index contributed by atoms with van der Waals surface area (Å²) in [5.74, 6) is 1.13. The first-order chi connectivity index (χ1) is 13.2. The van der Waals surface area contributed by atoms with Gasteiger partial charge < -0.3 is 10.1 Å². The number of methoxy groups -OCH3 is 1. The Morgan fingerprint density at radius 3 is 2.78 bits per heavy atom. The minimum absolute atomic E-state index is 0.229. The van der Waals surface area contributed by atoms with Crippen molar-refractivity contribution >= 4 is 22.5 Å². The van der Waals surface area contributed by atoms with E-state index in [1.165, 1.54) is 0 Å². The van der Waals surface area contributed by atoms with Crippen LogP contribution in [0.5, 0.6) is 5.75 Å². The molecule has 4 aromatic rings. The van der Waals surface area contributed by atoms with Crippen LogP contribution in [0.25, 0.3) is 16.7 Å². The fourth-order valence-electron chi connectivity index (χ4n) is 2.94. The zero-order valence-electron chi connectivity index (χ0n) is 15.0. The second-order valence-corrected chi connectivity index (χ2v) is 6.10. The van der Waals surface area contributed by atoms with Crippen LogP contribution in [0, 0.1) is 6.92 Å². The molecule has 1 amide bonds. The minimum atomic E-state index is -0.229. The molecule has 0 aliphatic carbocycles. The number of carbonyl (C=O) groups is 1. The maximum absolute atomic E-state index is 12.7. The van der Waals surface area contributed by atoms with Crippen LogP contribution in [0.3, 0.4) is 0 Å². The number of para-hydroxylation sites is 1. The minimum Gasteiger partial charge on any atom is -0.497 e. The number of nitrogens with one attached hydrogen (secondary N) is 1. The Morgan fingerprint density at radius 1 is 1.07 bits per heavy atom. The summed E-state index contributed by atoms with van der Waals surface area (Å²) in [7, 11) is 1.59. The van der Waals surface area contributed by atoms with Gasteiger partial charge in [-0.3, -0.25) is 4.79 Å². The summed E-state index contributed by atoms with van der Waals surface area (Å²) in [5, 5.41) is 8.29. The van der Waals surface area contributed by atoms with Gasteiger partial charge in [-0.05, 0) is 37.3 Å². The topological polar surface area (TPSA) is 69.0 Å². The van der Waals surface area contributed by atoms with E-state index in [9.17, 15) is 4.79 Å². The third-order valence-electron chi connectivity index (χ3n) is 4.38. The number of aromatic nitrogens is 3. The van der Waals surface area contributed by atoms with Crippen molar-refractivity contribution in [3.63, 3.8) is 0 Å². The molecule has 0 fully saturated rings. The smallest absolute Gasteiger partial charge is 0.259 e. The lowest BCUT2D eigenvalue weighted by Crippen LogP contribution is -2.13. The molecule has 0 aliphatic rings. The number of nitrogens with zero attached hydrogens (tertiary/aromatic N) is 3. The summed E-state index contributed by atoms with van der Waals surface area (Å²) in [6.45, 7) is 1.85. The predicted octanol–water partition coefficient (Wildman–Crippen LogP) is 3.99. The highest BCUT2D eigenvalue weighted by atomic mass is 16.5. The first-order valence-electron chi connectivity index (χ1n) is 8.52. The second-order valence-electron chi connectivity index (χ2n) is 6.10. The summed E-state index contributed by atoms with van der Waals surface area (Å²) in [6, 6.07) is 19.0. The van der Waals surface area contributed by atoms with Crippen LogP contribution >= 0.6 is 0 Å². The van der Waals surface area contributed by atoms with Crippen molar-refractivity contribution in [3.8, 4) is 11.6 Å². The average Bonchev–Trinajstić information content (AvgIpc) is 3.09. The fraction of sp³-hybridized carbons (Fsp3) is 0.0952. The van der Waals surface area contributed by atoms with E-state index < -0.39 is 0 Å². The molecule has 0 radical (unpaired) electrons. The summed E-state index contributed by atoms with van der Waals surface area (Å²) in [4.78, 5) is 17.3. The summed E-state index contributed by atoms with van der Waals surface area (Å²) >= 11 is 0. The molecule has 134 valence electrons. The normalized spacial score (nSPS) is 10.7. The molecule has 4 rings (SSSR count). The standard InChI is InChI=1S/C21H18N4O2/c1-14-18(21(26)23-16-7-5-8-17(12-16)27-2)13-22-25(14)20-11-10-15-6-3-4-9-19(15)24-20/h3-13H,1-2H3,(H,23,26). The number of hydrogen-bond acceptors (Lipinski definition) is 4. The van der Waals surface area contributed by atoms with Gasteiger partial charge in [0.05, 0.1) is 30.1 Å². The van der Waals surface area contributed by atoms with Crippen LogP contribution in [0.1, 0.15) is 16.1 Å². The highest BCUT2D eigenvalue weighted by Gasteiger charge is 2.16. The van der Waals surface area contributed by atoms with Crippen molar-refractivity contribution in [2.45, 2.75) is 6.92 Å². The SMILES string of the molecule is COc1cccc(NC(=O)c2cnn(-c3ccc4ccccc4n3)c2C)c1.